The van der Waals surface area contributed by atoms with Gasteiger partial charge in [-0.1, -0.05) is 0 Å². The van der Waals surface area contributed by atoms with E-state index in [9.17, 15) is 18.3 Å². The van der Waals surface area contributed by atoms with Crippen LogP contribution in [0.5, 0.6) is 0 Å². The standard InChI is InChI=1S/C9H5BrF3NOS2/c10-6-1-4(3-16-6)7(15)5-2-14-8(17-5)9(11,12)13/h1-3,7,15H. The minimum Gasteiger partial charge on any atom is -0.383 e. The molecular weight excluding hydrogens is 339 g/mol. The lowest BCUT2D eigenvalue weighted by Gasteiger charge is -2.04. The van der Waals surface area contributed by atoms with Crippen LogP contribution >= 0.6 is 38.6 Å². The molecule has 2 aromatic rings. The van der Waals surface area contributed by atoms with E-state index in [0.717, 1.165) is 9.98 Å². The van der Waals surface area contributed by atoms with Gasteiger partial charge in [0.2, 0.25) is 0 Å². The van der Waals surface area contributed by atoms with Gasteiger partial charge in [0.25, 0.3) is 0 Å². The summed E-state index contributed by atoms with van der Waals surface area (Å²) in [7, 11) is 0. The van der Waals surface area contributed by atoms with Gasteiger partial charge in [0.1, 0.15) is 6.10 Å². The second-order valence-electron chi connectivity index (χ2n) is 3.15. The SMILES string of the molecule is OC(c1csc(Br)c1)c1cnc(C(F)(F)F)s1. The number of thiophene rings is 1. The molecule has 0 radical (unpaired) electrons. The van der Waals surface area contributed by atoms with Crippen molar-refractivity contribution in [1.82, 2.24) is 4.98 Å². The fourth-order valence-corrected chi connectivity index (χ4v) is 3.17. The van der Waals surface area contributed by atoms with Crippen LogP contribution in [0, 0.1) is 0 Å². The van der Waals surface area contributed by atoms with E-state index < -0.39 is 17.3 Å². The maximum Gasteiger partial charge on any atom is 0.443 e. The molecule has 0 spiro atoms. The van der Waals surface area contributed by atoms with E-state index in [4.69, 9.17) is 0 Å². The zero-order valence-electron chi connectivity index (χ0n) is 8.03. The summed E-state index contributed by atoms with van der Waals surface area (Å²) in [5.41, 5.74) is 0.555. The van der Waals surface area contributed by atoms with E-state index >= 15 is 0 Å². The number of thiazole rings is 1. The molecule has 17 heavy (non-hydrogen) atoms. The summed E-state index contributed by atoms with van der Waals surface area (Å²) in [5, 5.41) is 10.6. The second-order valence-corrected chi connectivity index (χ2v) is 6.50. The van der Waals surface area contributed by atoms with Crippen LogP contribution < -0.4 is 0 Å². The molecule has 2 aromatic heterocycles. The summed E-state index contributed by atoms with van der Waals surface area (Å²) >= 11 is 5.04. The van der Waals surface area contributed by atoms with Crippen molar-refractivity contribution in [1.29, 1.82) is 0 Å². The van der Waals surface area contributed by atoms with Gasteiger partial charge in [-0.15, -0.1) is 22.7 Å². The third-order valence-corrected chi connectivity index (χ3v) is 4.56. The Morgan fingerprint density at radius 3 is 2.59 bits per heavy atom. The first kappa shape index (κ1) is 13.0. The highest BCUT2D eigenvalue weighted by Crippen LogP contribution is 2.37. The second kappa shape index (κ2) is 4.68. The van der Waals surface area contributed by atoms with Gasteiger partial charge in [-0.3, -0.25) is 0 Å². The summed E-state index contributed by atoms with van der Waals surface area (Å²) in [4.78, 5) is 3.45. The van der Waals surface area contributed by atoms with Gasteiger partial charge < -0.3 is 5.11 Å². The Kier molecular flexibility index (Phi) is 3.58. The van der Waals surface area contributed by atoms with Gasteiger partial charge in [-0.05, 0) is 32.9 Å². The predicted octanol–water partition coefficient (Wildman–Crippen LogP) is 4.07. The molecule has 0 amide bonds. The van der Waals surface area contributed by atoms with Crippen molar-refractivity contribution in [2.45, 2.75) is 12.3 Å². The van der Waals surface area contributed by atoms with Crippen LogP contribution in [0.15, 0.2) is 21.4 Å². The van der Waals surface area contributed by atoms with Crippen molar-refractivity contribution >= 4 is 38.6 Å². The summed E-state index contributed by atoms with van der Waals surface area (Å²) in [6.45, 7) is 0. The lowest BCUT2D eigenvalue weighted by Crippen LogP contribution is -2.03. The molecule has 8 heteroatoms. The highest BCUT2D eigenvalue weighted by molar-refractivity contribution is 9.11. The minimum atomic E-state index is -4.46. The molecule has 0 aliphatic rings. The van der Waals surface area contributed by atoms with Crippen molar-refractivity contribution in [3.05, 3.63) is 36.9 Å². The Bertz CT molecular complexity index is 522. The molecule has 0 fully saturated rings. The van der Waals surface area contributed by atoms with Gasteiger partial charge in [-0.2, -0.15) is 13.2 Å². The third kappa shape index (κ3) is 2.87. The fraction of sp³-hybridized carbons (Fsp3) is 0.222. The van der Waals surface area contributed by atoms with Crippen LogP contribution in [0.4, 0.5) is 13.2 Å². The van der Waals surface area contributed by atoms with Crippen LogP contribution in [0.2, 0.25) is 0 Å². The summed E-state index contributed by atoms with van der Waals surface area (Å²) in [6.07, 6.45) is -4.46. The number of halogens is 4. The predicted molar refractivity (Wildman–Crippen MR) is 63.2 cm³/mol. The Morgan fingerprint density at radius 1 is 1.41 bits per heavy atom. The van der Waals surface area contributed by atoms with Gasteiger partial charge in [-0.25, -0.2) is 4.98 Å². The summed E-state index contributed by atoms with van der Waals surface area (Å²) in [5.74, 6) is 0. The van der Waals surface area contributed by atoms with Gasteiger partial charge in [0.15, 0.2) is 5.01 Å². The molecule has 2 heterocycles. The largest absolute Gasteiger partial charge is 0.443 e. The lowest BCUT2D eigenvalue weighted by atomic mass is 10.2. The first-order valence-corrected chi connectivity index (χ1v) is 6.82. The summed E-state index contributed by atoms with van der Waals surface area (Å²) in [6, 6.07) is 1.67. The molecule has 1 atom stereocenters. The monoisotopic (exact) mass is 343 g/mol. The molecule has 1 N–H and O–H groups in total. The number of aliphatic hydroxyl groups is 1. The molecule has 0 aliphatic carbocycles. The quantitative estimate of drug-likeness (QED) is 0.891. The van der Waals surface area contributed by atoms with Crippen LogP contribution in [-0.4, -0.2) is 10.1 Å². The molecule has 0 saturated carbocycles. The molecule has 2 nitrogen and oxygen atoms in total. The Balaban J connectivity index is 2.26. The van der Waals surface area contributed by atoms with Crippen LogP contribution in [0.3, 0.4) is 0 Å². The van der Waals surface area contributed by atoms with E-state index in [-0.39, 0.29) is 4.88 Å². The van der Waals surface area contributed by atoms with E-state index in [1.165, 1.54) is 11.3 Å². The highest BCUT2D eigenvalue weighted by atomic mass is 79.9. The molecule has 2 rings (SSSR count). The van der Waals surface area contributed by atoms with Crippen molar-refractivity contribution in [2.75, 3.05) is 0 Å². The molecule has 0 bridgehead atoms. The van der Waals surface area contributed by atoms with Crippen LogP contribution in [0.1, 0.15) is 21.6 Å². The Labute approximate surface area is 111 Å². The van der Waals surface area contributed by atoms with Crippen molar-refractivity contribution in [3.63, 3.8) is 0 Å². The zero-order chi connectivity index (χ0) is 12.6. The normalized spacial score (nSPS) is 13.9. The lowest BCUT2D eigenvalue weighted by molar-refractivity contribution is -0.137. The number of rotatable bonds is 2. The number of aromatic nitrogens is 1. The van der Waals surface area contributed by atoms with Gasteiger partial charge in [0, 0.05) is 6.20 Å². The average molecular weight is 344 g/mol. The first-order chi connectivity index (χ1) is 7.88. The Hall–Kier alpha value is -0.440. The molecule has 0 saturated heterocycles. The van der Waals surface area contributed by atoms with E-state index in [0.29, 0.717) is 16.9 Å². The van der Waals surface area contributed by atoms with Gasteiger partial charge >= 0.3 is 6.18 Å². The van der Waals surface area contributed by atoms with Crippen molar-refractivity contribution in [3.8, 4) is 0 Å². The highest BCUT2D eigenvalue weighted by Gasteiger charge is 2.35. The Morgan fingerprint density at radius 2 is 2.12 bits per heavy atom. The molecule has 0 aromatic carbocycles. The summed E-state index contributed by atoms with van der Waals surface area (Å²) < 4.78 is 37.8. The number of aliphatic hydroxyl groups excluding tert-OH is 1. The average Bonchev–Trinajstić information content (AvgIpc) is 2.83. The zero-order valence-corrected chi connectivity index (χ0v) is 11.3. The van der Waals surface area contributed by atoms with E-state index in [2.05, 4.69) is 20.9 Å². The number of hydrogen-bond donors (Lipinski definition) is 1. The number of hydrogen-bond acceptors (Lipinski definition) is 4. The van der Waals surface area contributed by atoms with Gasteiger partial charge in [0.05, 0.1) is 8.66 Å². The van der Waals surface area contributed by atoms with E-state index in [1.54, 1.807) is 11.4 Å². The van der Waals surface area contributed by atoms with Crippen molar-refractivity contribution < 1.29 is 18.3 Å². The maximum atomic E-state index is 12.3. The maximum absolute atomic E-state index is 12.3. The molecule has 0 aliphatic heterocycles. The van der Waals surface area contributed by atoms with Crippen LogP contribution in [-0.2, 0) is 6.18 Å². The minimum absolute atomic E-state index is 0.183. The third-order valence-electron chi connectivity index (χ3n) is 1.94. The number of nitrogens with zero attached hydrogens (tertiary/aromatic N) is 1. The topological polar surface area (TPSA) is 33.1 Å². The molecular formula is C9H5BrF3NOS2. The molecule has 1 unspecified atom stereocenters. The molecule has 92 valence electrons. The van der Waals surface area contributed by atoms with Crippen molar-refractivity contribution in [2.24, 2.45) is 0 Å². The fourth-order valence-electron chi connectivity index (χ4n) is 1.18. The van der Waals surface area contributed by atoms with Crippen LogP contribution in [0.25, 0.3) is 0 Å². The smallest absolute Gasteiger partial charge is 0.383 e. The first-order valence-electron chi connectivity index (χ1n) is 4.33. The van der Waals surface area contributed by atoms with E-state index in [1.807, 2.05) is 0 Å². The number of alkyl halides is 3.